The highest BCUT2D eigenvalue weighted by Gasteiger charge is 2.37. The van der Waals surface area contributed by atoms with Crippen molar-refractivity contribution in [1.29, 1.82) is 0 Å². The van der Waals surface area contributed by atoms with Crippen molar-refractivity contribution in [3.8, 4) is 0 Å². The zero-order valence-electron chi connectivity index (χ0n) is 14.8. The summed E-state index contributed by atoms with van der Waals surface area (Å²) in [7, 11) is -1.22. The Kier molecular flexibility index (Phi) is 6.81. The number of carbonyl (C=O) groups is 2. The fraction of sp³-hybridized carbons (Fsp3) is 0.579. The molecule has 2 atom stereocenters. The van der Waals surface area contributed by atoms with Crippen LogP contribution in [0.1, 0.15) is 36.0 Å². The van der Waals surface area contributed by atoms with Gasteiger partial charge in [-0.2, -0.15) is 0 Å². The van der Waals surface area contributed by atoms with Gasteiger partial charge in [-0.3, -0.25) is 9.59 Å². The van der Waals surface area contributed by atoms with Gasteiger partial charge in [0.15, 0.2) is 5.78 Å². The largest absolute Gasteiger partial charge is 0.466 e. The second-order valence-corrected chi connectivity index (χ2v) is 14.4. The summed E-state index contributed by atoms with van der Waals surface area (Å²) >= 11 is 3.39. The van der Waals surface area contributed by atoms with Gasteiger partial charge < -0.3 is 4.74 Å². The van der Waals surface area contributed by atoms with Gasteiger partial charge in [0.1, 0.15) is 0 Å². The zero-order valence-corrected chi connectivity index (χ0v) is 17.4. The summed E-state index contributed by atoms with van der Waals surface area (Å²) in [6, 6.07) is 8.37. The number of hydrogen-bond acceptors (Lipinski definition) is 3. The van der Waals surface area contributed by atoms with E-state index in [2.05, 4.69) is 35.6 Å². The number of carbonyl (C=O) groups excluding carboxylic acids is 2. The first kappa shape index (κ1) is 19.4. The molecule has 0 heterocycles. The van der Waals surface area contributed by atoms with E-state index in [0.29, 0.717) is 12.2 Å². The van der Waals surface area contributed by atoms with Gasteiger partial charge in [0.25, 0.3) is 0 Å². The molecule has 5 heteroatoms. The van der Waals surface area contributed by atoms with Crippen molar-refractivity contribution in [2.24, 2.45) is 11.8 Å². The molecule has 1 aromatic rings. The molecule has 0 spiro atoms. The van der Waals surface area contributed by atoms with E-state index in [0.717, 1.165) is 36.2 Å². The number of ketones is 1. The molecule has 1 saturated carbocycles. The molecule has 1 aromatic carbocycles. The molecule has 0 saturated heterocycles. The van der Waals surface area contributed by atoms with E-state index in [1.807, 2.05) is 24.3 Å². The second-order valence-electron chi connectivity index (χ2n) is 7.85. The highest BCUT2D eigenvalue weighted by Crippen LogP contribution is 2.34. The van der Waals surface area contributed by atoms with Crippen LogP contribution in [0.25, 0.3) is 0 Å². The number of ether oxygens (including phenoxy) is 1. The lowest BCUT2D eigenvalue weighted by atomic mass is 9.75. The fourth-order valence-electron chi connectivity index (χ4n) is 3.12. The topological polar surface area (TPSA) is 43.4 Å². The van der Waals surface area contributed by atoms with Gasteiger partial charge in [-0.25, -0.2) is 0 Å². The van der Waals surface area contributed by atoms with Crippen molar-refractivity contribution in [1.82, 2.24) is 0 Å². The highest BCUT2D eigenvalue weighted by atomic mass is 79.9. The standard InChI is InChI=1S/C19H27BrO3Si/c1-24(2,3)13-12-23-19(22)17-7-5-4-6-16(17)18(21)14-8-10-15(20)11-9-14/h8-11,16-17H,4-7,12-13H2,1-3H3. The zero-order chi connectivity index (χ0) is 17.7. The molecule has 0 aromatic heterocycles. The molecule has 0 amide bonds. The maximum atomic E-state index is 12.8. The van der Waals surface area contributed by atoms with E-state index in [1.54, 1.807) is 0 Å². The van der Waals surface area contributed by atoms with E-state index >= 15 is 0 Å². The predicted octanol–water partition coefficient (Wildman–Crippen LogP) is 5.32. The maximum Gasteiger partial charge on any atom is 0.309 e. The van der Waals surface area contributed by atoms with Crippen molar-refractivity contribution in [3.05, 3.63) is 34.3 Å². The van der Waals surface area contributed by atoms with Gasteiger partial charge in [-0.05, 0) is 31.0 Å². The van der Waals surface area contributed by atoms with E-state index in [-0.39, 0.29) is 23.6 Å². The molecule has 2 unspecified atom stereocenters. The van der Waals surface area contributed by atoms with Crippen molar-refractivity contribution in [2.45, 2.75) is 51.4 Å². The van der Waals surface area contributed by atoms with Gasteiger partial charge in [0.05, 0.1) is 12.5 Å². The van der Waals surface area contributed by atoms with Crippen LogP contribution in [0.15, 0.2) is 28.7 Å². The van der Waals surface area contributed by atoms with Crippen molar-refractivity contribution < 1.29 is 14.3 Å². The maximum absolute atomic E-state index is 12.8. The van der Waals surface area contributed by atoms with Crippen LogP contribution in [0, 0.1) is 11.8 Å². The third kappa shape index (κ3) is 5.55. The molecule has 24 heavy (non-hydrogen) atoms. The first-order valence-electron chi connectivity index (χ1n) is 8.74. The van der Waals surface area contributed by atoms with E-state index in [9.17, 15) is 9.59 Å². The Balaban J connectivity index is 2.02. The highest BCUT2D eigenvalue weighted by molar-refractivity contribution is 9.10. The molecular weight excluding hydrogens is 384 g/mol. The van der Waals surface area contributed by atoms with Crippen LogP contribution in [0.2, 0.25) is 25.7 Å². The summed E-state index contributed by atoms with van der Waals surface area (Å²) in [6.45, 7) is 7.29. The minimum atomic E-state index is -1.22. The minimum absolute atomic E-state index is 0.0781. The number of esters is 1. The number of hydrogen-bond donors (Lipinski definition) is 0. The Morgan fingerprint density at radius 1 is 1.08 bits per heavy atom. The van der Waals surface area contributed by atoms with Crippen molar-refractivity contribution >= 4 is 35.8 Å². The molecule has 1 aliphatic rings. The molecule has 132 valence electrons. The Labute approximate surface area is 154 Å². The first-order chi connectivity index (χ1) is 11.3. The predicted molar refractivity (Wildman–Crippen MR) is 103 cm³/mol. The average Bonchev–Trinajstić information content (AvgIpc) is 2.53. The Morgan fingerprint density at radius 2 is 1.67 bits per heavy atom. The van der Waals surface area contributed by atoms with Crippen LogP contribution in [-0.2, 0) is 9.53 Å². The smallest absolute Gasteiger partial charge is 0.309 e. The number of Topliss-reactive ketones (excluding diaryl/α,β-unsaturated/α-hetero) is 1. The van der Waals surface area contributed by atoms with Crippen LogP contribution < -0.4 is 0 Å². The van der Waals surface area contributed by atoms with Gasteiger partial charge in [0, 0.05) is 24.0 Å². The van der Waals surface area contributed by atoms with Gasteiger partial charge >= 0.3 is 5.97 Å². The normalized spacial score (nSPS) is 21.3. The summed E-state index contributed by atoms with van der Waals surface area (Å²) in [5, 5.41) is 0. The molecule has 1 aliphatic carbocycles. The van der Waals surface area contributed by atoms with Gasteiger partial charge in [-0.15, -0.1) is 0 Å². The number of benzene rings is 1. The van der Waals surface area contributed by atoms with E-state index in [1.165, 1.54) is 0 Å². The summed E-state index contributed by atoms with van der Waals surface area (Å²) in [5.74, 6) is -0.617. The van der Waals surface area contributed by atoms with Crippen LogP contribution in [-0.4, -0.2) is 26.4 Å². The van der Waals surface area contributed by atoms with Crippen LogP contribution in [0.5, 0.6) is 0 Å². The van der Waals surface area contributed by atoms with Gasteiger partial charge in [-0.1, -0.05) is 60.5 Å². The number of rotatable bonds is 6. The fourth-order valence-corrected chi connectivity index (χ4v) is 4.10. The van der Waals surface area contributed by atoms with Crippen molar-refractivity contribution in [3.63, 3.8) is 0 Å². The summed E-state index contributed by atoms with van der Waals surface area (Å²) < 4.78 is 6.48. The Morgan fingerprint density at radius 3 is 2.25 bits per heavy atom. The first-order valence-corrected chi connectivity index (χ1v) is 13.2. The molecule has 0 N–H and O–H groups in total. The van der Waals surface area contributed by atoms with Crippen LogP contribution in [0.4, 0.5) is 0 Å². The lowest BCUT2D eigenvalue weighted by molar-refractivity contribution is -0.150. The molecule has 0 aliphatic heterocycles. The second kappa shape index (κ2) is 8.43. The monoisotopic (exact) mass is 410 g/mol. The third-order valence-corrected chi connectivity index (χ3v) is 6.86. The SMILES string of the molecule is C[Si](C)(C)CCOC(=O)C1CCCCC1C(=O)c1ccc(Br)cc1. The average molecular weight is 411 g/mol. The van der Waals surface area contributed by atoms with Crippen molar-refractivity contribution in [2.75, 3.05) is 6.61 Å². The van der Waals surface area contributed by atoms with E-state index in [4.69, 9.17) is 4.74 Å². The Hall–Kier alpha value is -0.943. The van der Waals surface area contributed by atoms with Crippen LogP contribution >= 0.6 is 15.9 Å². The number of halogens is 1. The summed E-state index contributed by atoms with van der Waals surface area (Å²) in [4.78, 5) is 25.4. The molecule has 2 rings (SSSR count). The van der Waals surface area contributed by atoms with Gasteiger partial charge in [0.2, 0.25) is 0 Å². The quantitative estimate of drug-likeness (QED) is 0.362. The molecule has 1 fully saturated rings. The minimum Gasteiger partial charge on any atom is -0.466 e. The lowest BCUT2D eigenvalue weighted by Gasteiger charge is -2.29. The molecule has 0 bridgehead atoms. The summed E-state index contributed by atoms with van der Waals surface area (Å²) in [6.07, 6.45) is 3.55. The molecular formula is C19H27BrO3Si. The molecule has 3 nitrogen and oxygen atoms in total. The van der Waals surface area contributed by atoms with Crippen LogP contribution in [0.3, 0.4) is 0 Å². The lowest BCUT2D eigenvalue weighted by Crippen LogP contribution is -2.34. The third-order valence-electron chi connectivity index (χ3n) is 4.63. The summed E-state index contributed by atoms with van der Waals surface area (Å²) in [5.41, 5.74) is 0.685. The Bertz CT molecular complexity index is 577. The van der Waals surface area contributed by atoms with E-state index < -0.39 is 8.07 Å². The molecule has 0 radical (unpaired) electrons.